The van der Waals surface area contributed by atoms with Crippen molar-refractivity contribution in [1.82, 2.24) is 0 Å². The summed E-state index contributed by atoms with van der Waals surface area (Å²) < 4.78 is 0. The van der Waals surface area contributed by atoms with E-state index < -0.39 is 0 Å². The van der Waals surface area contributed by atoms with E-state index in [1.165, 1.54) is 51.4 Å². The van der Waals surface area contributed by atoms with Gasteiger partial charge in [-0.2, -0.15) is 0 Å². The summed E-state index contributed by atoms with van der Waals surface area (Å²) in [6, 6.07) is 0. The Bertz CT molecular complexity index is 142. The molecule has 0 radical (unpaired) electrons. The SMILES string of the molecule is CC1CCC(C2CCC(P)CC2)CC1. The molecule has 0 bridgehead atoms. The zero-order chi connectivity index (χ0) is 9.97. The standard InChI is InChI=1S/C13H25P/c1-10-2-4-11(5-3-10)12-6-8-13(14)9-7-12/h10-13H,2-9,14H2,1H3. The maximum atomic E-state index is 3.02. The molecule has 1 unspecified atom stereocenters. The van der Waals surface area contributed by atoms with Gasteiger partial charge in [0.25, 0.3) is 0 Å². The van der Waals surface area contributed by atoms with E-state index in [0.717, 1.165) is 23.4 Å². The van der Waals surface area contributed by atoms with Crippen molar-refractivity contribution in [2.75, 3.05) is 0 Å². The molecule has 0 spiro atoms. The molecular weight excluding hydrogens is 187 g/mol. The summed E-state index contributed by atoms with van der Waals surface area (Å²) in [4.78, 5) is 0. The highest BCUT2D eigenvalue weighted by Crippen LogP contribution is 2.40. The minimum absolute atomic E-state index is 0.939. The molecule has 0 aromatic heterocycles. The molecule has 2 fully saturated rings. The van der Waals surface area contributed by atoms with Gasteiger partial charge in [-0.15, -0.1) is 9.24 Å². The van der Waals surface area contributed by atoms with Crippen LogP contribution in [0.1, 0.15) is 58.3 Å². The summed E-state index contributed by atoms with van der Waals surface area (Å²) in [5.74, 6) is 3.22. The molecule has 0 aliphatic heterocycles. The van der Waals surface area contributed by atoms with Crippen LogP contribution in [0.2, 0.25) is 0 Å². The van der Waals surface area contributed by atoms with Gasteiger partial charge < -0.3 is 0 Å². The van der Waals surface area contributed by atoms with E-state index in [4.69, 9.17) is 0 Å². The highest BCUT2D eigenvalue weighted by Gasteiger charge is 2.28. The fraction of sp³-hybridized carbons (Fsp3) is 1.00. The summed E-state index contributed by atoms with van der Waals surface area (Å²) >= 11 is 0. The predicted octanol–water partition coefficient (Wildman–Crippen LogP) is 4.25. The smallest absolute Gasteiger partial charge is 0.0264 e. The Kier molecular flexibility index (Phi) is 3.88. The van der Waals surface area contributed by atoms with E-state index in [2.05, 4.69) is 16.2 Å². The van der Waals surface area contributed by atoms with Gasteiger partial charge in [0.2, 0.25) is 0 Å². The molecule has 1 atom stereocenters. The fourth-order valence-corrected chi connectivity index (χ4v) is 3.76. The van der Waals surface area contributed by atoms with Crippen molar-refractivity contribution in [1.29, 1.82) is 0 Å². The van der Waals surface area contributed by atoms with E-state index in [0.29, 0.717) is 0 Å². The first-order valence-corrected chi connectivity index (χ1v) is 7.18. The van der Waals surface area contributed by atoms with Crippen LogP contribution in [0.15, 0.2) is 0 Å². The van der Waals surface area contributed by atoms with Crippen LogP contribution >= 0.6 is 9.24 Å². The maximum Gasteiger partial charge on any atom is -0.0264 e. The zero-order valence-electron chi connectivity index (χ0n) is 9.54. The van der Waals surface area contributed by atoms with Crippen LogP contribution in [0, 0.1) is 17.8 Å². The Morgan fingerprint density at radius 2 is 1.14 bits per heavy atom. The quantitative estimate of drug-likeness (QED) is 0.570. The molecule has 2 rings (SSSR count). The average molecular weight is 212 g/mol. The highest BCUT2D eigenvalue weighted by atomic mass is 31.0. The Labute approximate surface area is 91.4 Å². The van der Waals surface area contributed by atoms with Crippen LogP contribution in [-0.2, 0) is 0 Å². The van der Waals surface area contributed by atoms with Crippen molar-refractivity contribution < 1.29 is 0 Å². The van der Waals surface area contributed by atoms with Crippen LogP contribution in [-0.4, -0.2) is 5.66 Å². The van der Waals surface area contributed by atoms with E-state index in [1.54, 1.807) is 0 Å². The lowest BCUT2D eigenvalue weighted by Crippen LogP contribution is -2.25. The Balaban J connectivity index is 1.78. The molecule has 0 aromatic carbocycles. The van der Waals surface area contributed by atoms with Gasteiger partial charge in [0, 0.05) is 0 Å². The third kappa shape index (κ3) is 2.72. The summed E-state index contributed by atoms with van der Waals surface area (Å²) in [5, 5.41) is 0. The molecule has 2 saturated carbocycles. The fourth-order valence-electron chi connectivity index (χ4n) is 3.37. The Morgan fingerprint density at radius 3 is 1.64 bits per heavy atom. The molecule has 82 valence electrons. The third-order valence-corrected chi connectivity index (χ3v) is 5.21. The summed E-state index contributed by atoms with van der Waals surface area (Å²) in [7, 11) is 3.02. The minimum atomic E-state index is 0.939. The van der Waals surface area contributed by atoms with Gasteiger partial charge in [0.1, 0.15) is 0 Å². The van der Waals surface area contributed by atoms with Crippen LogP contribution < -0.4 is 0 Å². The van der Waals surface area contributed by atoms with Crippen molar-refractivity contribution in [3.05, 3.63) is 0 Å². The van der Waals surface area contributed by atoms with Crippen LogP contribution in [0.4, 0.5) is 0 Å². The third-order valence-electron chi connectivity index (χ3n) is 4.54. The molecule has 0 amide bonds. The van der Waals surface area contributed by atoms with Gasteiger partial charge >= 0.3 is 0 Å². The molecule has 0 aromatic rings. The summed E-state index contributed by atoms with van der Waals surface area (Å²) in [6.07, 6.45) is 12.1. The first kappa shape index (κ1) is 10.9. The largest absolute Gasteiger partial charge is 0.134 e. The molecule has 14 heavy (non-hydrogen) atoms. The zero-order valence-corrected chi connectivity index (χ0v) is 10.7. The summed E-state index contributed by atoms with van der Waals surface area (Å²) in [6.45, 7) is 2.43. The molecule has 1 heteroatoms. The molecule has 0 nitrogen and oxygen atoms in total. The predicted molar refractivity (Wildman–Crippen MR) is 66.6 cm³/mol. The normalized spacial score (nSPS) is 45.0. The summed E-state index contributed by atoms with van der Waals surface area (Å²) in [5.41, 5.74) is 0.939. The maximum absolute atomic E-state index is 3.02. The van der Waals surface area contributed by atoms with Crippen molar-refractivity contribution in [3.63, 3.8) is 0 Å². The van der Waals surface area contributed by atoms with Crippen molar-refractivity contribution in [2.45, 2.75) is 63.9 Å². The second-order valence-corrected chi connectivity index (χ2v) is 6.64. The number of hydrogen-bond donors (Lipinski definition) is 0. The second-order valence-electron chi connectivity index (χ2n) is 5.69. The molecule has 2 aliphatic rings. The van der Waals surface area contributed by atoms with Crippen molar-refractivity contribution in [3.8, 4) is 0 Å². The van der Waals surface area contributed by atoms with Gasteiger partial charge in [0.05, 0.1) is 0 Å². The lowest BCUT2D eigenvalue weighted by Gasteiger charge is -2.36. The van der Waals surface area contributed by atoms with Gasteiger partial charge in [-0.25, -0.2) is 0 Å². The average Bonchev–Trinajstić information content (AvgIpc) is 2.21. The Hall–Kier alpha value is 0.430. The second kappa shape index (κ2) is 4.97. The van der Waals surface area contributed by atoms with Crippen LogP contribution in [0.25, 0.3) is 0 Å². The lowest BCUT2D eigenvalue weighted by molar-refractivity contribution is 0.174. The highest BCUT2D eigenvalue weighted by molar-refractivity contribution is 7.17. The topological polar surface area (TPSA) is 0 Å². The molecule has 2 aliphatic carbocycles. The van der Waals surface area contributed by atoms with Crippen LogP contribution in [0.5, 0.6) is 0 Å². The van der Waals surface area contributed by atoms with Gasteiger partial charge in [0.15, 0.2) is 0 Å². The van der Waals surface area contributed by atoms with Gasteiger partial charge in [-0.05, 0) is 61.9 Å². The first-order chi connectivity index (χ1) is 6.75. The van der Waals surface area contributed by atoms with E-state index in [1.807, 2.05) is 0 Å². The number of rotatable bonds is 1. The Morgan fingerprint density at radius 1 is 0.714 bits per heavy atom. The molecular formula is C13H25P. The van der Waals surface area contributed by atoms with Gasteiger partial charge in [-0.3, -0.25) is 0 Å². The van der Waals surface area contributed by atoms with Gasteiger partial charge in [-0.1, -0.05) is 19.8 Å². The van der Waals surface area contributed by atoms with E-state index in [-0.39, 0.29) is 0 Å². The molecule has 0 N–H and O–H groups in total. The first-order valence-electron chi connectivity index (χ1n) is 6.51. The number of hydrogen-bond acceptors (Lipinski definition) is 0. The monoisotopic (exact) mass is 212 g/mol. The van der Waals surface area contributed by atoms with Crippen LogP contribution in [0.3, 0.4) is 0 Å². The molecule has 0 saturated heterocycles. The van der Waals surface area contributed by atoms with E-state index >= 15 is 0 Å². The minimum Gasteiger partial charge on any atom is -0.134 e. The van der Waals surface area contributed by atoms with Crippen molar-refractivity contribution in [2.24, 2.45) is 17.8 Å². The van der Waals surface area contributed by atoms with E-state index in [9.17, 15) is 0 Å². The van der Waals surface area contributed by atoms with Crippen molar-refractivity contribution >= 4 is 9.24 Å². The molecule has 0 heterocycles. The lowest BCUT2D eigenvalue weighted by atomic mass is 9.71.